The summed E-state index contributed by atoms with van der Waals surface area (Å²) in [7, 11) is 0. The number of allylic oxidation sites excluding steroid dienone is 1. The van der Waals surface area contributed by atoms with Crippen LogP contribution in [-0.2, 0) is 9.59 Å². The van der Waals surface area contributed by atoms with Gasteiger partial charge < -0.3 is 24.1 Å². The summed E-state index contributed by atoms with van der Waals surface area (Å²) < 4.78 is 10.8. The Hall–Kier alpha value is -3.58. The molecule has 0 saturated carbocycles. The summed E-state index contributed by atoms with van der Waals surface area (Å²) in [5, 5.41) is 10.7. The van der Waals surface area contributed by atoms with E-state index in [0.717, 1.165) is 31.6 Å². The molecule has 1 atom stereocenters. The number of ketones is 1. The third kappa shape index (κ3) is 5.85. The van der Waals surface area contributed by atoms with Crippen LogP contribution in [0.2, 0.25) is 0 Å². The molecular formula is C27H32N2O5. The number of ether oxygens (including phenoxy) is 1. The van der Waals surface area contributed by atoms with E-state index < -0.39 is 23.5 Å². The van der Waals surface area contributed by atoms with Gasteiger partial charge in [-0.15, -0.1) is 0 Å². The first kappa shape index (κ1) is 25.1. The molecule has 1 N–H and O–H groups in total. The minimum atomic E-state index is -0.689. The highest BCUT2D eigenvalue weighted by atomic mass is 16.5. The fraction of sp³-hybridized carbons (Fsp3) is 0.333. The summed E-state index contributed by atoms with van der Waals surface area (Å²) in [5.41, 5.74) is 0.788. The highest BCUT2D eigenvalue weighted by molar-refractivity contribution is 6.14. The Balaban J connectivity index is 1.89. The largest absolute Gasteiger partial charge is 0.503 e. The molecule has 1 aromatic carbocycles. The molecule has 0 bridgehead atoms. The normalized spacial score (nSPS) is 16.1. The lowest BCUT2D eigenvalue weighted by molar-refractivity contribution is -0.129. The average Bonchev–Trinajstić information content (AvgIpc) is 3.46. The Morgan fingerprint density at radius 1 is 1.24 bits per heavy atom. The Morgan fingerprint density at radius 3 is 2.59 bits per heavy atom. The van der Waals surface area contributed by atoms with E-state index in [0.29, 0.717) is 24.7 Å². The highest BCUT2D eigenvalue weighted by Gasteiger charge is 2.42. The smallest absolute Gasteiger partial charge is 0.290 e. The molecule has 2 heterocycles. The van der Waals surface area contributed by atoms with Gasteiger partial charge in [-0.2, -0.15) is 0 Å². The summed E-state index contributed by atoms with van der Waals surface area (Å²) in [6, 6.07) is 9.95. The lowest BCUT2D eigenvalue weighted by Gasteiger charge is -2.28. The van der Waals surface area contributed by atoms with Gasteiger partial charge in [0.1, 0.15) is 18.1 Å². The lowest BCUT2D eigenvalue weighted by atomic mass is 9.95. The van der Waals surface area contributed by atoms with Crippen LogP contribution in [-0.4, -0.2) is 59.4 Å². The van der Waals surface area contributed by atoms with Gasteiger partial charge in [-0.3, -0.25) is 9.59 Å². The molecule has 1 aromatic heterocycles. The molecule has 1 aliphatic heterocycles. The topological polar surface area (TPSA) is 83.2 Å². The predicted octanol–water partition coefficient (Wildman–Crippen LogP) is 4.55. The molecule has 1 aliphatic rings. The number of benzene rings is 1. The SMILES string of the molecule is C=CCOc1ccc(C2C(C(=O)/C=C/c3ccco3)=C(O)C(=O)N2CCCN(CC)CC)cc1. The van der Waals surface area contributed by atoms with E-state index in [2.05, 4.69) is 25.3 Å². The van der Waals surface area contributed by atoms with Crippen molar-refractivity contribution in [2.45, 2.75) is 26.3 Å². The monoisotopic (exact) mass is 464 g/mol. The summed E-state index contributed by atoms with van der Waals surface area (Å²) in [4.78, 5) is 30.0. The van der Waals surface area contributed by atoms with E-state index in [9.17, 15) is 14.7 Å². The maximum absolute atomic E-state index is 13.1. The second kappa shape index (κ2) is 12.0. The Labute approximate surface area is 200 Å². The number of nitrogens with zero attached hydrogens (tertiary/aromatic N) is 2. The van der Waals surface area contributed by atoms with E-state index in [1.165, 1.54) is 18.4 Å². The van der Waals surface area contributed by atoms with Crippen LogP contribution >= 0.6 is 0 Å². The molecule has 0 radical (unpaired) electrons. The molecule has 7 nitrogen and oxygen atoms in total. The number of aliphatic hydroxyl groups excluding tert-OH is 1. The first-order valence-corrected chi connectivity index (χ1v) is 11.6. The van der Waals surface area contributed by atoms with E-state index in [-0.39, 0.29) is 5.57 Å². The summed E-state index contributed by atoms with van der Waals surface area (Å²) in [6.07, 6.45) is 6.74. The average molecular weight is 465 g/mol. The standard InChI is InChI=1S/C27H32N2O5/c1-4-18-33-22-12-10-20(11-13-22)25-24(23(30)15-14-21-9-7-19-34-21)26(31)27(32)29(25)17-8-16-28(5-2)6-3/h4,7,9-15,19,25,31H,1,5-6,8,16-18H2,2-3H3/b15-14+. The lowest BCUT2D eigenvalue weighted by Crippen LogP contribution is -2.34. The van der Waals surface area contributed by atoms with Gasteiger partial charge in [-0.1, -0.05) is 38.6 Å². The van der Waals surface area contributed by atoms with Gasteiger partial charge in [-0.25, -0.2) is 0 Å². The molecule has 2 aromatic rings. The predicted molar refractivity (Wildman–Crippen MR) is 131 cm³/mol. The van der Waals surface area contributed by atoms with Crippen LogP contribution in [0, 0.1) is 0 Å². The van der Waals surface area contributed by atoms with Gasteiger partial charge >= 0.3 is 0 Å². The van der Waals surface area contributed by atoms with Crippen molar-refractivity contribution in [3.63, 3.8) is 0 Å². The van der Waals surface area contributed by atoms with Crippen molar-refractivity contribution in [2.24, 2.45) is 0 Å². The van der Waals surface area contributed by atoms with Crippen LogP contribution < -0.4 is 4.74 Å². The van der Waals surface area contributed by atoms with Crippen molar-refractivity contribution in [1.29, 1.82) is 0 Å². The maximum atomic E-state index is 13.1. The van der Waals surface area contributed by atoms with Gasteiger partial charge in [0.25, 0.3) is 5.91 Å². The van der Waals surface area contributed by atoms with Gasteiger partial charge in [0.15, 0.2) is 11.5 Å². The fourth-order valence-corrected chi connectivity index (χ4v) is 4.02. The van der Waals surface area contributed by atoms with Crippen molar-refractivity contribution < 1.29 is 23.8 Å². The number of rotatable bonds is 13. The Kier molecular flexibility index (Phi) is 8.87. The molecular weight excluding hydrogens is 432 g/mol. The van der Waals surface area contributed by atoms with Gasteiger partial charge in [0, 0.05) is 6.54 Å². The molecule has 0 saturated heterocycles. The molecule has 180 valence electrons. The van der Waals surface area contributed by atoms with Crippen LogP contribution in [0.4, 0.5) is 0 Å². The minimum absolute atomic E-state index is 0.0652. The number of hydrogen-bond acceptors (Lipinski definition) is 6. The molecule has 0 spiro atoms. The number of carbonyl (C=O) groups excluding carboxylic acids is 2. The van der Waals surface area contributed by atoms with E-state index in [4.69, 9.17) is 9.15 Å². The van der Waals surface area contributed by atoms with Crippen LogP contribution in [0.15, 0.2) is 77.1 Å². The molecule has 1 unspecified atom stereocenters. The summed E-state index contributed by atoms with van der Waals surface area (Å²) >= 11 is 0. The van der Waals surface area contributed by atoms with Crippen LogP contribution in [0.3, 0.4) is 0 Å². The van der Waals surface area contributed by atoms with E-state index >= 15 is 0 Å². The zero-order valence-electron chi connectivity index (χ0n) is 19.8. The molecule has 0 aliphatic carbocycles. The number of amides is 1. The quantitative estimate of drug-likeness (QED) is 0.346. The third-order valence-electron chi connectivity index (χ3n) is 5.84. The molecule has 7 heteroatoms. The van der Waals surface area contributed by atoms with Gasteiger partial charge in [0.2, 0.25) is 0 Å². The van der Waals surface area contributed by atoms with Crippen LogP contribution in [0.1, 0.15) is 37.6 Å². The second-order valence-electron chi connectivity index (χ2n) is 7.93. The van der Waals surface area contributed by atoms with Crippen molar-refractivity contribution in [3.8, 4) is 5.75 Å². The fourth-order valence-electron chi connectivity index (χ4n) is 4.02. The van der Waals surface area contributed by atoms with E-state index in [1.807, 2.05) is 12.1 Å². The number of aliphatic hydroxyl groups is 1. The first-order valence-electron chi connectivity index (χ1n) is 11.6. The summed E-state index contributed by atoms with van der Waals surface area (Å²) in [5.74, 6) is -0.320. The number of hydrogen-bond donors (Lipinski definition) is 1. The van der Waals surface area contributed by atoms with Crippen LogP contribution in [0.5, 0.6) is 5.75 Å². The van der Waals surface area contributed by atoms with Crippen molar-refractivity contribution in [2.75, 3.05) is 32.8 Å². The molecule has 3 rings (SSSR count). The van der Waals surface area contributed by atoms with Crippen molar-refractivity contribution in [1.82, 2.24) is 9.80 Å². The minimum Gasteiger partial charge on any atom is -0.503 e. The summed E-state index contributed by atoms with van der Waals surface area (Å²) in [6.45, 7) is 11.3. The highest BCUT2D eigenvalue weighted by Crippen LogP contribution is 2.38. The molecule has 1 amide bonds. The van der Waals surface area contributed by atoms with Crippen molar-refractivity contribution in [3.05, 3.63) is 84.0 Å². The number of carbonyl (C=O) groups is 2. The zero-order valence-corrected chi connectivity index (χ0v) is 19.8. The number of furan rings is 1. The maximum Gasteiger partial charge on any atom is 0.290 e. The molecule has 34 heavy (non-hydrogen) atoms. The molecule has 0 fully saturated rings. The Bertz CT molecular complexity index is 1030. The third-order valence-corrected chi connectivity index (χ3v) is 5.84. The van der Waals surface area contributed by atoms with E-state index in [1.54, 1.807) is 35.2 Å². The van der Waals surface area contributed by atoms with Crippen molar-refractivity contribution >= 4 is 17.8 Å². The van der Waals surface area contributed by atoms with Gasteiger partial charge in [-0.05, 0) is 68.0 Å². The Morgan fingerprint density at radius 2 is 1.97 bits per heavy atom. The van der Waals surface area contributed by atoms with Crippen LogP contribution in [0.25, 0.3) is 6.08 Å². The zero-order chi connectivity index (χ0) is 24.5. The second-order valence-corrected chi connectivity index (χ2v) is 7.93. The van der Waals surface area contributed by atoms with Gasteiger partial charge in [0.05, 0.1) is 17.9 Å². The first-order chi connectivity index (χ1) is 16.5.